The molecule has 96 valence electrons. The number of hydrogen-bond acceptors (Lipinski definition) is 4. The first-order valence-electron chi connectivity index (χ1n) is 5.37. The average molecular weight is 250 g/mol. The highest BCUT2D eigenvalue weighted by Gasteiger charge is 2.21. The van der Waals surface area contributed by atoms with Gasteiger partial charge in [0.15, 0.2) is 9.84 Å². The molecule has 0 saturated carbocycles. The lowest BCUT2D eigenvalue weighted by molar-refractivity contribution is -0.128. The van der Waals surface area contributed by atoms with E-state index in [-0.39, 0.29) is 23.7 Å². The van der Waals surface area contributed by atoms with E-state index in [1.807, 2.05) is 13.8 Å². The second kappa shape index (κ2) is 6.20. The minimum Gasteiger partial charge on any atom is -0.342 e. The Kier molecular flexibility index (Phi) is 5.96. The highest BCUT2D eigenvalue weighted by molar-refractivity contribution is 7.92. The molecule has 1 amide bonds. The van der Waals surface area contributed by atoms with Crippen LogP contribution in [0.5, 0.6) is 0 Å². The van der Waals surface area contributed by atoms with Gasteiger partial charge in [-0.25, -0.2) is 8.42 Å². The van der Waals surface area contributed by atoms with Crippen molar-refractivity contribution in [3.05, 3.63) is 0 Å². The van der Waals surface area contributed by atoms with Crippen LogP contribution in [0, 0.1) is 0 Å². The number of nitrogens with zero attached hydrogens (tertiary/aromatic N) is 1. The fourth-order valence-corrected chi connectivity index (χ4v) is 2.47. The Labute approximate surface area is 97.9 Å². The molecule has 0 bridgehead atoms. The lowest BCUT2D eigenvalue weighted by Gasteiger charge is -2.21. The van der Waals surface area contributed by atoms with E-state index >= 15 is 0 Å². The van der Waals surface area contributed by atoms with Gasteiger partial charge in [0, 0.05) is 19.1 Å². The summed E-state index contributed by atoms with van der Waals surface area (Å²) in [6.45, 7) is 5.43. The molecule has 16 heavy (non-hydrogen) atoms. The van der Waals surface area contributed by atoms with Crippen LogP contribution < -0.4 is 5.73 Å². The van der Waals surface area contributed by atoms with E-state index in [2.05, 4.69) is 0 Å². The first-order valence-corrected chi connectivity index (χ1v) is 7.19. The number of amides is 1. The Morgan fingerprint density at radius 3 is 2.19 bits per heavy atom. The Morgan fingerprint density at radius 2 is 1.81 bits per heavy atom. The van der Waals surface area contributed by atoms with Gasteiger partial charge in [-0.2, -0.15) is 0 Å². The lowest BCUT2D eigenvalue weighted by Crippen LogP contribution is -2.38. The predicted octanol–water partition coefficient (Wildman–Crippen LogP) is 0.00530. The number of rotatable bonds is 6. The SMILES string of the molecule is CC(N)CCS(=O)(=O)CC(=O)N(C)C(C)C. The molecule has 0 heterocycles. The van der Waals surface area contributed by atoms with E-state index in [0.717, 1.165) is 0 Å². The molecule has 2 N–H and O–H groups in total. The predicted molar refractivity (Wildman–Crippen MR) is 64.8 cm³/mol. The molecule has 0 aliphatic heterocycles. The molecule has 0 aliphatic carbocycles. The number of carbonyl (C=O) groups is 1. The van der Waals surface area contributed by atoms with Crippen molar-refractivity contribution < 1.29 is 13.2 Å². The van der Waals surface area contributed by atoms with Gasteiger partial charge in [-0.3, -0.25) is 4.79 Å². The van der Waals surface area contributed by atoms with E-state index in [1.54, 1.807) is 14.0 Å². The number of carbonyl (C=O) groups excluding carboxylic acids is 1. The van der Waals surface area contributed by atoms with Gasteiger partial charge in [-0.05, 0) is 27.2 Å². The third-order valence-corrected chi connectivity index (χ3v) is 3.94. The first kappa shape index (κ1) is 15.4. The normalized spacial score (nSPS) is 13.9. The van der Waals surface area contributed by atoms with Crippen LogP contribution in [0.1, 0.15) is 27.2 Å². The van der Waals surface area contributed by atoms with Gasteiger partial charge in [-0.1, -0.05) is 0 Å². The fraction of sp³-hybridized carbons (Fsp3) is 0.900. The van der Waals surface area contributed by atoms with Gasteiger partial charge in [0.2, 0.25) is 5.91 Å². The molecule has 0 aliphatic rings. The van der Waals surface area contributed by atoms with Crippen molar-refractivity contribution in [3.8, 4) is 0 Å². The zero-order chi connectivity index (χ0) is 12.9. The molecule has 5 nitrogen and oxygen atoms in total. The molecule has 1 unspecified atom stereocenters. The summed E-state index contributed by atoms with van der Waals surface area (Å²) in [5.41, 5.74) is 5.48. The van der Waals surface area contributed by atoms with Crippen molar-refractivity contribution in [1.29, 1.82) is 0 Å². The van der Waals surface area contributed by atoms with E-state index in [9.17, 15) is 13.2 Å². The maximum Gasteiger partial charge on any atom is 0.237 e. The van der Waals surface area contributed by atoms with Gasteiger partial charge in [-0.15, -0.1) is 0 Å². The molecule has 0 saturated heterocycles. The van der Waals surface area contributed by atoms with Crippen LogP contribution >= 0.6 is 0 Å². The molecular formula is C10H22N2O3S. The van der Waals surface area contributed by atoms with Crippen molar-refractivity contribution in [2.24, 2.45) is 5.73 Å². The first-order chi connectivity index (χ1) is 7.15. The topological polar surface area (TPSA) is 80.5 Å². The summed E-state index contributed by atoms with van der Waals surface area (Å²) in [5, 5.41) is 0. The van der Waals surface area contributed by atoms with Gasteiger partial charge >= 0.3 is 0 Å². The Hall–Kier alpha value is -0.620. The molecule has 0 fully saturated rings. The van der Waals surface area contributed by atoms with Crippen molar-refractivity contribution in [3.63, 3.8) is 0 Å². The van der Waals surface area contributed by atoms with Crippen LogP contribution in [0.4, 0.5) is 0 Å². The van der Waals surface area contributed by atoms with Gasteiger partial charge in [0.05, 0.1) is 5.75 Å². The second-order valence-corrected chi connectivity index (χ2v) is 6.64. The number of sulfone groups is 1. The van der Waals surface area contributed by atoms with Crippen molar-refractivity contribution >= 4 is 15.7 Å². The van der Waals surface area contributed by atoms with Crippen molar-refractivity contribution in [1.82, 2.24) is 4.90 Å². The quantitative estimate of drug-likeness (QED) is 0.720. The smallest absolute Gasteiger partial charge is 0.237 e. The van der Waals surface area contributed by atoms with E-state index in [4.69, 9.17) is 5.73 Å². The standard InChI is InChI=1S/C10H22N2O3S/c1-8(2)12(4)10(13)7-16(14,15)6-5-9(3)11/h8-9H,5-7,11H2,1-4H3. The van der Waals surface area contributed by atoms with Crippen LogP contribution in [0.25, 0.3) is 0 Å². The highest BCUT2D eigenvalue weighted by atomic mass is 32.2. The summed E-state index contributed by atoms with van der Waals surface area (Å²) >= 11 is 0. The van der Waals surface area contributed by atoms with Crippen LogP contribution in [0.2, 0.25) is 0 Å². The minimum absolute atomic E-state index is 0.0103. The van der Waals surface area contributed by atoms with Crippen LogP contribution in [-0.4, -0.2) is 49.9 Å². The molecular weight excluding hydrogens is 228 g/mol. The summed E-state index contributed by atoms with van der Waals surface area (Å²) in [5.74, 6) is -0.809. The Balaban J connectivity index is 4.32. The average Bonchev–Trinajstić information content (AvgIpc) is 2.12. The Bertz CT molecular complexity index is 323. The summed E-state index contributed by atoms with van der Waals surface area (Å²) < 4.78 is 23.1. The molecule has 0 aromatic carbocycles. The largest absolute Gasteiger partial charge is 0.342 e. The van der Waals surface area contributed by atoms with Gasteiger partial charge < -0.3 is 10.6 Å². The van der Waals surface area contributed by atoms with Gasteiger partial charge in [0.25, 0.3) is 0 Å². The van der Waals surface area contributed by atoms with E-state index in [0.29, 0.717) is 6.42 Å². The lowest BCUT2D eigenvalue weighted by atomic mass is 10.3. The Morgan fingerprint density at radius 1 is 1.31 bits per heavy atom. The zero-order valence-electron chi connectivity index (χ0n) is 10.4. The molecule has 1 atom stereocenters. The van der Waals surface area contributed by atoms with Crippen LogP contribution in [-0.2, 0) is 14.6 Å². The van der Waals surface area contributed by atoms with E-state index in [1.165, 1.54) is 4.90 Å². The molecule has 0 radical (unpaired) electrons. The third kappa shape index (κ3) is 6.07. The highest BCUT2D eigenvalue weighted by Crippen LogP contribution is 2.01. The third-order valence-electron chi connectivity index (χ3n) is 2.40. The molecule has 0 rings (SSSR count). The summed E-state index contributed by atoms with van der Waals surface area (Å²) in [6.07, 6.45) is 0.390. The molecule has 0 aromatic rings. The minimum atomic E-state index is -3.33. The monoisotopic (exact) mass is 250 g/mol. The van der Waals surface area contributed by atoms with Gasteiger partial charge in [0.1, 0.15) is 5.75 Å². The maximum absolute atomic E-state index is 11.6. The summed E-state index contributed by atoms with van der Waals surface area (Å²) in [7, 11) is -1.72. The fourth-order valence-electron chi connectivity index (χ4n) is 1.02. The van der Waals surface area contributed by atoms with Crippen LogP contribution in [0.15, 0.2) is 0 Å². The summed E-state index contributed by atoms with van der Waals surface area (Å²) in [6, 6.07) is -0.149. The number of nitrogens with two attached hydrogens (primary N) is 1. The second-order valence-electron chi connectivity index (χ2n) is 4.46. The van der Waals surface area contributed by atoms with E-state index < -0.39 is 15.6 Å². The van der Waals surface area contributed by atoms with Crippen LogP contribution in [0.3, 0.4) is 0 Å². The number of hydrogen-bond donors (Lipinski definition) is 1. The van der Waals surface area contributed by atoms with Crippen molar-refractivity contribution in [2.75, 3.05) is 18.6 Å². The molecule has 0 spiro atoms. The molecule has 6 heteroatoms. The zero-order valence-corrected chi connectivity index (χ0v) is 11.3. The maximum atomic E-state index is 11.6. The van der Waals surface area contributed by atoms with Crippen molar-refractivity contribution in [2.45, 2.75) is 39.3 Å². The molecule has 0 aromatic heterocycles. The summed E-state index contributed by atoms with van der Waals surface area (Å²) in [4.78, 5) is 13.0.